The zero-order valence-corrected chi connectivity index (χ0v) is 15.6. The van der Waals surface area contributed by atoms with E-state index in [1.807, 2.05) is 48.5 Å². The number of aliphatic carboxylic acids is 1. The van der Waals surface area contributed by atoms with E-state index < -0.39 is 18.1 Å². The van der Waals surface area contributed by atoms with Crippen molar-refractivity contribution in [1.82, 2.24) is 5.32 Å². The summed E-state index contributed by atoms with van der Waals surface area (Å²) in [5, 5.41) is 12.9. The molecule has 1 atom stereocenters. The molecule has 118 valence electrons. The van der Waals surface area contributed by atoms with E-state index in [1.54, 1.807) is 0 Å². The second-order valence-electron chi connectivity index (χ2n) is 5.51. The first-order chi connectivity index (χ1) is 11.1. The fourth-order valence-electron chi connectivity index (χ4n) is 2.88. The Labute approximate surface area is 162 Å². The maximum atomic E-state index is 11.7. The number of alkyl carbamates (subject to hydrolysis) is 1. The van der Waals surface area contributed by atoms with Gasteiger partial charge in [-0.1, -0.05) is 48.5 Å². The average molecular weight is 333 g/mol. The molecule has 1 N–H and O–H groups in total. The molecule has 0 bridgehead atoms. The van der Waals surface area contributed by atoms with E-state index in [4.69, 9.17) is 4.74 Å². The van der Waals surface area contributed by atoms with Crippen molar-refractivity contribution in [3.8, 4) is 11.1 Å². The van der Waals surface area contributed by atoms with Crippen LogP contribution in [0.15, 0.2) is 48.5 Å². The van der Waals surface area contributed by atoms with Crippen LogP contribution >= 0.6 is 0 Å². The number of fused-ring (bicyclic) bond motifs is 3. The molecule has 1 amide bonds. The summed E-state index contributed by atoms with van der Waals surface area (Å²) in [5.74, 6) is -1.40. The molecule has 0 unspecified atom stereocenters. The third-order valence-electron chi connectivity index (χ3n) is 4.03. The molecular formula is C18H16NNaO4. The Kier molecular flexibility index (Phi) is 6.04. The number of hydrogen-bond acceptors (Lipinski definition) is 4. The van der Waals surface area contributed by atoms with Gasteiger partial charge in [-0.25, -0.2) is 4.79 Å². The smallest absolute Gasteiger partial charge is 0.548 e. The molecule has 0 radical (unpaired) electrons. The molecule has 0 aromatic heterocycles. The molecule has 0 fully saturated rings. The number of amides is 1. The zero-order chi connectivity index (χ0) is 16.4. The molecule has 6 heteroatoms. The van der Waals surface area contributed by atoms with Crippen LogP contribution in [-0.4, -0.2) is 24.7 Å². The van der Waals surface area contributed by atoms with Crippen molar-refractivity contribution < 1.29 is 49.0 Å². The minimum atomic E-state index is -1.35. The zero-order valence-electron chi connectivity index (χ0n) is 13.6. The van der Waals surface area contributed by atoms with Crippen LogP contribution in [-0.2, 0) is 9.53 Å². The van der Waals surface area contributed by atoms with Crippen LogP contribution in [0.4, 0.5) is 4.79 Å². The fourth-order valence-corrected chi connectivity index (χ4v) is 2.88. The van der Waals surface area contributed by atoms with Crippen LogP contribution in [0.3, 0.4) is 0 Å². The molecule has 2 aromatic carbocycles. The Bertz CT molecular complexity index is 717. The van der Waals surface area contributed by atoms with Crippen molar-refractivity contribution in [2.45, 2.75) is 18.9 Å². The van der Waals surface area contributed by atoms with Crippen LogP contribution in [0.1, 0.15) is 24.0 Å². The SMILES string of the molecule is C[C@H](NC(=O)OCC1c2ccccc2-c2ccccc21)C(=O)[O-].[Na+]. The number of hydrogen-bond donors (Lipinski definition) is 1. The molecule has 0 heterocycles. The van der Waals surface area contributed by atoms with Gasteiger partial charge >= 0.3 is 35.7 Å². The predicted molar refractivity (Wildman–Crippen MR) is 82.7 cm³/mol. The summed E-state index contributed by atoms with van der Waals surface area (Å²) in [6.07, 6.45) is -0.761. The summed E-state index contributed by atoms with van der Waals surface area (Å²) in [6.45, 7) is 1.48. The van der Waals surface area contributed by atoms with Gasteiger partial charge in [-0.15, -0.1) is 0 Å². The molecule has 3 rings (SSSR count). The van der Waals surface area contributed by atoms with Crippen LogP contribution in [0.2, 0.25) is 0 Å². The van der Waals surface area contributed by atoms with Gasteiger partial charge in [-0.05, 0) is 29.2 Å². The van der Waals surface area contributed by atoms with Gasteiger partial charge in [0.2, 0.25) is 0 Å². The summed E-state index contributed by atoms with van der Waals surface area (Å²) in [5.41, 5.74) is 4.49. The Morgan fingerprint density at radius 1 is 1.08 bits per heavy atom. The first kappa shape index (κ1) is 18.5. The van der Waals surface area contributed by atoms with Gasteiger partial charge < -0.3 is 20.0 Å². The number of rotatable bonds is 4. The van der Waals surface area contributed by atoms with Gasteiger partial charge in [0.1, 0.15) is 6.61 Å². The van der Waals surface area contributed by atoms with Crippen LogP contribution in [0.25, 0.3) is 11.1 Å². The summed E-state index contributed by atoms with van der Waals surface area (Å²) in [6, 6.07) is 14.9. The number of carboxylic acid groups (broad SMARTS) is 1. The molecule has 2 aromatic rings. The maximum Gasteiger partial charge on any atom is 1.00 e. The van der Waals surface area contributed by atoms with Gasteiger partial charge in [-0.2, -0.15) is 0 Å². The van der Waals surface area contributed by atoms with Crippen molar-refractivity contribution in [2.24, 2.45) is 0 Å². The van der Waals surface area contributed by atoms with Gasteiger partial charge in [0.15, 0.2) is 0 Å². The van der Waals surface area contributed by atoms with Crippen LogP contribution < -0.4 is 40.0 Å². The number of benzene rings is 2. The van der Waals surface area contributed by atoms with Crippen LogP contribution in [0.5, 0.6) is 0 Å². The second-order valence-corrected chi connectivity index (χ2v) is 5.51. The molecule has 24 heavy (non-hydrogen) atoms. The third-order valence-corrected chi connectivity index (χ3v) is 4.03. The molecular weight excluding hydrogens is 317 g/mol. The number of ether oxygens (including phenoxy) is 1. The Morgan fingerprint density at radius 2 is 1.58 bits per heavy atom. The second kappa shape index (κ2) is 7.83. The topological polar surface area (TPSA) is 78.5 Å². The summed E-state index contributed by atoms with van der Waals surface area (Å²) < 4.78 is 5.22. The Morgan fingerprint density at radius 3 is 2.08 bits per heavy atom. The van der Waals surface area contributed by atoms with Gasteiger partial charge in [0.25, 0.3) is 0 Å². The Balaban J connectivity index is 0.00000208. The summed E-state index contributed by atoms with van der Waals surface area (Å²) in [4.78, 5) is 22.4. The van der Waals surface area contributed by atoms with E-state index in [-0.39, 0.29) is 42.1 Å². The van der Waals surface area contributed by atoms with E-state index in [9.17, 15) is 14.7 Å². The van der Waals surface area contributed by atoms with E-state index in [0.29, 0.717) is 0 Å². The molecule has 5 nitrogen and oxygen atoms in total. The molecule has 0 spiro atoms. The molecule has 1 aliphatic carbocycles. The molecule has 0 aliphatic heterocycles. The summed E-state index contributed by atoms with van der Waals surface area (Å²) in [7, 11) is 0. The van der Waals surface area contributed by atoms with E-state index in [1.165, 1.54) is 6.92 Å². The van der Waals surface area contributed by atoms with Crippen molar-refractivity contribution in [3.05, 3.63) is 59.7 Å². The average Bonchev–Trinajstić information content (AvgIpc) is 2.87. The van der Waals surface area contributed by atoms with Crippen molar-refractivity contribution in [2.75, 3.05) is 6.61 Å². The van der Waals surface area contributed by atoms with E-state index in [0.717, 1.165) is 22.3 Å². The number of carbonyl (C=O) groups is 2. The number of carboxylic acids is 1. The molecule has 0 saturated carbocycles. The van der Waals surface area contributed by atoms with Gasteiger partial charge in [0.05, 0.1) is 12.0 Å². The first-order valence-corrected chi connectivity index (χ1v) is 7.40. The normalized spacial score (nSPS) is 13.2. The van der Waals surface area contributed by atoms with Crippen molar-refractivity contribution in [3.63, 3.8) is 0 Å². The summed E-state index contributed by atoms with van der Waals surface area (Å²) >= 11 is 0. The van der Waals surface area contributed by atoms with Gasteiger partial charge in [-0.3, -0.25) is 0 Å². The largest absolute Gasteiger partial charge is 1.00 e. The van der Waals surface area contributed by atoms with Gasteiger partial charge in [0, 0.05) is 5.92 Å². The maximum absolute atomic E-state index is 11.7. The van der Waals surface area contributed by atoms with E-state index >= 15 is 0 Å². The minimum Gasteiger partial charge on any atom is -0.548 e. The predicted octanol–water partition coefficient (Wildman–Crippen LogP) is -1.33. The number of carbonyl (C=O) groups excluding carboxylic acids is 2. The first-order valence-electron chi connectivity index (χ1n) is 7.40. The molecule has 1 aliphatic rings. The van der Waals surface area contributed by atoms with Crippen molar-refractivity contribution in [1.29, 1.82) is 0 Å². The third kappa shape index (κ3) is 3.64. The van der Waals surface area contributed by atoms with E-state index in [2.05, 4.69) is 5.32 Å². The molecule has 0 saturated heterocycles. The standard InChI is InChI=1S/C18H17NO4.Na/c1-11(17(20)21)19-18(22)23-10-16-14-8-4-2-6-12(14)13-7-3-5-9-15(13)16;/h2-9,11,16H,10H2,1H3,(H,19,22)(H,20,21);/q;+1/p-1/t11-;/m0./s1. The van der Waals surface area contributed by atoms with Crippen molar-refractivity contribution >= 4 is 12.1 Å². The Hall–Kier alpha value is -1.82. The fraction of sp³-hybridized carbons (Fsp3) is 0.222. The quantitative estimate of drug-likeness (QED) is 0.703. The minimum absolute atomic E-state index is 0. The number of nitrogens with one attached hydrogen (secondary N) is 1. The van der Waals surface area contributed by atoms with Crippen LogP contribution in [0, 0.1) is 0 Å². The monoisotopic (exact) mass is 333 g/mol.